The number of fused-ring (bicyclic) bond motifs is 2. The van der Waals surface area contributed by atoms with Crippen molar-refractivity contribution < 1.29 is 17.5 Å². The van der Waals surface area contributed by atoms with Gasteiger partial charge in [-0.15, -0.1) is 22.7 Å². The zero-order valence-electron chi connectivity index (χ0n) is 19.8. The van der Waals surface area contributed by atoms with Gasteiger partial charge >= 0.3 is 0 Å². The van der Waals surface area contributed by atoms with E-state index in [1.165, 1.54) is 25.5 Å². The van der Waals surface area contributed by atoms with Crippen LogP contribution < -0.4 is 9.47 Å². The van der Waals surface area contributed by atoms with Crippen LogP contribution in [0.5, 0.6) is 0 Å². The molecule has 0 spiro atoms. The number of rotatable bonds is 7. The summed E-state index contributed by atoms with van der Waals surface area (Å²) < 4.78 is 37.3. The minimum atomic E-state index is -4.26. The molecule has 0 atom stereocenters. The molecule has 10 heteroatoms. The summed E-state index contributed by atoms with van der Waals surface area (Å²) in [6.45, 7) is 0.457. The van der Waals surface area contributed by atoms with Gasteiger partial charge in [-0.05, 0) is 58.6 Å². The molecule has 5 aromatic rings. The molecule has 6 rings (SSSR count). The number of thioether (sulfide) groups is 1. The predicted octanol–water partition coefficient (Wildman–Crippen LogP) is 7.03. The molecule has 0 fully saturated rings. The number of hydrogen-bond donors (Lipinski definition) is 0. The van der Waals surface area contributed by atoms with Crippen molar-refractivity contribution in [2.75, 3.05) is 17.2 Å². The van der Waals surface area contributed by atoms with Crippen LogP contribution in [0.2, 0.25) is 0 Å². The van der Waals surface area contributed by atoms with Gasteiger partial charge in [-0.1, -0.05) is 47.4 Å². The first-order chi connectivity index (χ1) is 17.9. The molecular formula is C27H22N2O3S5. The zero-order chi connectivity index (χ0) is 25.6. The van der Waals surface area contributed by atoms with E-state index in [0.717, 1.165) is 26.2 Å². The molecule has 0 bridgehead atoms. The minimum absolute atomic E-state index is 0.273. The molecule has 1 aliphatic heterocycles. The molecule has 2 aromatic carbocycles. The maximum absolute atomic E-state index is 11.3. The van der Waals surface area contributed by atoms with E-state index in [9.17, 15) is 13.0 Å². The number of aromatic nitrogens is 1. The smallest absolute Gasteiger partial charge is 0.265 e. The Morgan fingerprint density at radius 1 is 0.973 bits per heavy atom. The van der Waals surface area contributed by atoms with Gasteiger partial charge in [0.2, 0.25) is 5.52 Å². The second kappa shape index (κ2) is 10.0. The topological polar surface area (TPSA) is 64.3 Å². The molecule has 37 heavy (non-hydrogen) atoms. The van der Waals surface area contributed by atoms with E-state index >= 15 is 0 Å². The lowest BCUT2D eigenvalue weighted by atomic mass is 10.1. The van der Waals surface area contributed by atoms with Crippen molar-refractivity contribution in [1.29, 1.82) is 0 Å². The monoisotopic (exact) mass is 582 g/mol. The van der Waals surface area contributed by atoms with E-state index in [-0.39, 0.29) is 12.2 Å². The summed E-state index contributed by atoms with van der Waals surface area (Å²) in [4.78, 5) is 5.71. The van der Waals surface area contributed by atoms with Gasteiger partial charge in [-0.3, -0.25) is 0 Å². The first-order valence-corrected chi connectivity index (χ1v) is 16.6. The van der Waals surface area contributed by atoms with Gasteiger partial charge in [0.25, 0.3) is 5.01 Å². The van der Waals surface area contributed by atoms with Gasteiger partial charge in [0.05, 0.1) is 26.9 Å². The highest BCUT2D eigenvalue weighted by Gasteiger charge is 2.28. The average Bonchev–Trinajstić information content (AvgIpc) is 3.67. The lowest BCUT2D eigenvalue weighted by Gasteiger charge is -2.21. The van der Waals surface area contributed by atoms with Crippen molar-refractivity contribution >= 4 is 77.9 Å². The highest BCUT2D eigenvalue weighted by atomic mass is 32.2. The third-order valence-corrected chi connectivity index (χ3v) is 11.1. The number of hydrogen-bond acceptors (Lipinski definition) is 8. The predicted molar refractivity (Wildman–Crippen MR) is 156 cm³/mol. The molecule has 0 N–H and O–H groups in total. The van der Waals surface area contributed by atoms with Crippen molar-refractivity contribution in [3.63, 3.8) is 0 Å². The summed E-state index contributed by atoms with van der Waals surface area (Å²) in [7, 11) is -2.18. The molecule has 3 aromatic heterocycles. The molecule has 0 amide bonds. The highest BCUT2D eigenvalue weighted by Crippen LogP contribution is 2.48. The molecule has 188 valence electrons. The SMILES string of the molecule is C[n+]1c(/C=C2\Sc3ccc(-c4cccs4)cc3N2CCCS(=O)(=O)[O-])sc2ccc(-c3cccs3)cc21. The van der Waals surface area contributed by atoms with E-state index in [1.54, 1.807) is 45.8 Å². The maximum Gasteiger partial charge on any atom is 0.265 e. The Balaban J connectivity index is 1.38. The van der Waals surface area contributed by atoms with Gasteiger partial charge in [-0.2, -0.15) is 4.57 Å². The van der Waals surface area contributed by atoms with Crippen LogP contribution >= 0.6 is 45.8 Å². The Morgan fingerprint density at radius 2 is 1.68 bits per heavy atom. The molecule has 0 saturated heterocycles. The first kappa shape index (κ1) is 24.8. The summed E-state index contributed by atoms with van der Waals surface area (Å²) in [5.41, 5.74) is 4.56. The van der Waals surface area contributed by atoms with Gasteiger partial charge < -0.3 is 9.45 Å². The van der Waals surface area contributed by atoms with Crippen molar-refractivity contribution in [1.82, 2.24) is 0 Å². The number of thiophene rings is 2. The highest BCUT2D eigenvalue weighted by molar-refractivity contribution is 8.03. The molecule has 5 nitrogen and oxygen atoms in total. The number of benzene rings is 2. The summed E-state index contributed by atoms with van der Waals surface area (Å²) in [5.74, 6) is -0.371. The number of anilines is 1. The standard InChI is InChI=1S/C27H22N2O3S5/c1-28-20-15-18(22-5-2-12-33-22)7-9-24(20)35-26(28)17-27-29(11-4-14-37(30,31)32)21-16-19(8-10-25(21)36-27)23-6-3-13-34-23/h2-3,5-10,12-13,15-17H,4,11,14H2,1H3. The molecule has 0 aliphatic carbocycles. The molecular weight excluding hydrogens is 561 g/mol. The lowest BCUT2D eigenvalue weighted by Crippen LogP contribution is -2.29. The fourth-order valence-corrected chi connectivity index (χ4v) is 8.61. The van der Waals surface area contributed by atoms with E-state index in [2.05, 4.69) is 87.9 Å². The fraction of sp³-hybridized carbons (Fsp3) is 0.148. The van der Waals surface area contributed by atoms with Crippen LogP contribution in [0.1, 0.15) is 11.4 Å². The van der Waals surface area contributed by atoms with E-state index < -0.39 is 10.1 Å². The molecule has 1 aliphatic rings. The first-order valence-electron chi connectivity index (χ1n) is 11.6. The summed E-state index contributed by atoms with van der Waals surface area (Å²) >= 11 is 6.84. The Labute approximate surface area is 232 Å². The molecule has 0 radical (unpaired) electrons. The van der Waals surface area contributed by atoms with Crippen LogP contribution in [0, 0.1) is 0 Å². The van der Waals surface area contributed by atoms with Crippen LogP contribution in [0.25, 0.3) is 37.2 Å². The van der Waals surface area contributed by atoms with Crippen LogP contribution in [-0.4, -0.2) is 25.3 Å². The third kappa shape index (κ3) is 5.14. The Morgan fingerprint density at radius 3 is 2.35 bits per heavy atom. The number of thiazole rings is 1. The van der Waals surface area contributed by atoms with Gasteiger partial charge in [-0.25, -0.2) is 8.42 Å². The summed E-state index contributed by atoms with van der Waals surface area (Å²) in [6, 6.07) is 21.4. The second-order valence-corrected chi connectivity index (χ2v) is 14.2. The normalized spacial score (nSPS) is 14.6. The van der Waals surface area contributed by atoms with E-state index in [0.29, 0.717) is 6.54 Å². The van der Waals surface area contributed by atoms with Crippen LogP contribution in [0.4, 0.5) is 5.69 Å². The average molecular weight is 583 g/mol. The van der Waals surface area contributed by atoms with Crippen LogP contribution in [-0.2, 0) is 17.2 Å². The van der Waals surface area contributed by atoms with Crippen molar-refractivity contribution in [2.45, 2.75) is 11.3 Å². The van der Waals surface area contributed by atoms with Crippen LogP contribution in [0.15, 0.2) is 81.3 Å². The third-order valence-electron chi connectivity index (χ3n) is 6.23. The Hall–Kier alpha value is -2.47. The minimum Gasteiger partial charge on any atom is -0.748 e. The number of nitrogens with zero attached hydrogens (tertiary/aromatic N) is 2. The van der Waals surface area contributed by atoms with Gasteiger partial charge in [0.15, 0.2) is 0 Å². The van der Waals surface area contributed by atoms with Gasteiger partial charge in [0, 0.05) is 33.0 Å². The fourth-order valence-electron chi connectivity index (χ4n) is 4.43. The van der Waals surface area contributed by atoms with Gasteiger partial charge in [0.1, 0.15) is 11.7 Å². The quantitative estimate of drug-likeness (QED) is 0.152. The Bertz CT molecular complexity index is 1720. The summed E-state index contributed by atoms with van der Waals surface area (Å²) in [5, 5.41) is 6.29. The maximum atomic E-state index is 11.3. The molecule has 4 heterocycles. The zero-order valence-corrected chi connectivity index (χ0v) is 23.9. The molecule has 0 unspecified atom stereocenters. The van der Waals surface area contributed by atoms with Crippen molar-refractivity contribution in [2.24, 2.45) is 7.05 Å². The Kier molecular flexibility index (Phi) is 6.72. The second-order valence-electron chi connectivity index (χ2n) is 8.67. The van der Waals surface area contributed by atoms with E-state index in [1.807, 2.05) is 6.07 Å². The largest absolute Gasteiger partial charge is 0.748 e. The van der Waals surface area contributed by atoms with Crippen molar-refractivity contribution in [3.05, 3.63) is 81.5 Å². The molecule has 0 saturated carbocycles. The van der Waals surface area contributed by atoms with Crippen molar-refractivity contribution in [3.8, 4) is 20.9 Å². The summed E-state index contributed by atoms with van der Waals surface area (Å²) in [6.07, 6.45) is 2.45. The number of aryl methyl sites for hydroxylation is 1. The van der Waals surface area contributed by atoms with Crippen LogP contribution in [0.3, 0.4) is 0 Å². The van der Waals surface area contributed by atoms with E-state index in [4.69, 9.17) is 0 Å². The lowest BCUT2D eigenvalue weighted by molar-refractivity contribution is -0.642.